The molecule has 0 fully saturated rings. The van der Waals surface area contributed by atoms with Crippen LogP contribution < -0.4 is 0 Å². The van der Waals surface area contributed by atoms with Gasteiger partial charge >= 0.3 is 36.0 Å². The zero-order chi connectivity index (χ0) is 13.2. The van der Waals surface area contributed by atoms with E-state index in [-0.39, 0.29) is 19.8 Å². The van der Waals surface area contributed by atoms with Crippen LogP contribution in [0.25, 0.3) is 0 Å². The van der Waals surface area contributed by atoms with Gasteiger partial charge in [0.2, 0.25) is 0 Å². The van der Waals surface area contributed by atoms with Crippen LogP contribution in [0, 0.1) is 5.41 Å². The first-order valence-corrected chi connectivity index (χ1v) is 8.72. The quantitative estimate of drug-likeness (QED) is 0.274. The fourth-order valence-corrected chi connectivity index (χ4v) is 0.939. The molecule has 0 aromatic rings. The standard InChI is InChI=1S/C8H18O3.H3O3PSe/c1-2-3-4-8(5-9,6-10)7-11;1-4(2,3)5/h9-11H,2-7H2,1H3;(H3,1,2,3,5). The molecule has 8 heteroatoms. The molecule has 0 radical (unpaired) electrons. The third kappa shape index (κ3) is 12.8. The van der Waals surface area contributed by atoms with Crippen molar-refractivity contribution in [2.45, 2.75) is 26.2 Å². The number of hydrogen-bond acceptors (Lipinski definition) is 6. The van der Waals surface area contributed by atoms with Gasteiger partial charge in [0.15, 0.2) is 0 Å². The van der Waals surface area contributed by atoms with Crippen LogP contribution in [0.4, 0.5) is 0 Å². The Kier molecular flexibility index (Phi) is 11.6. The van der Waals surface area contributed by atoms with Gasteiger partial charge in [-0.05, 0) is 6.42 Å². The molecule has 0 atom stereocenters. The monoisotopic (exact) mass is 324 g/mol. The van der Waals surface area contributed by atoms with Crippen molar-refractivity contribution in [3.05, 3.63) is 0 Å². The Balaban J connectivity index is 0. The van der Waals surface area contributed by atoms with Crippen molar-refractivity contribution >= 4 is 21.3 Å². The fourth-order valence-electron chi connectivity index (χ4n) is 0.939. The molecule has 6 nitrogen and oxygen atoms in total. The Labute approximate surface area is 103 Å². The summed E-state index contributed by atoms with van der Waals surface area (Å²) < 4.78 is 0. The maximum atomic E-state index is 8.88. The number of aliphatic hydroxyl groups excluding tert-OH is 3. The molecule has 0 rings (SSSR count). The van der Waals surface area contributed by atoms with Crippen molar-refractivity contribution in [2.24, 2.45) is 5.41 Å². The van der Waals surface area contributed by atoms with Crippen LogP contribution in [-0.4, -0.2) is 64.9 Å². The molecule has 0 unspecified atom stereocenters. The second-order valence-electron chi connectivity index (χ2n) is 3.59. The van der Waals surface area contributed by atoms with Gasteiger partial charge in [0, 0.05) is 5.41 Å². The van der Waals surface area contributed by atoms with Crippen LogP contribution in [0.2, 0.25) is 0 Å². The Bertz CT molecular complexity index is 186. The summed E-state index contributed by atoms with van der Waals surface area (Å²) >= 11 is 1.76. The molecule has 0 heterocycles. The van der Waals surface area contributed by atoms with Crippen LogP contribution in [-0.2, 0) is 0 Å². The molecule has 6 N–H and O–H groups in total. The molecule has 0 spiro atoms. The molecule has 0 aromatic carbocycles. The van der Waals surface area contributed by atoms with Gasteiger partial charge in [-0.3, -0.25) is 0 Å². The van der Waals surface area contributed by atoms with Gasteiger partial charge in [-0.2, -0.15) is 0 Å². The van der Waals surface area contributed by atoms with Crippen LogP contribution in [0.15, 0.2) is 0 Å². The fraction of sp³-hybridized carbons (Fsp3) is 1.00. The average Bonchev–Trinajstić information content (AvgIpc) is 2.19. The zero-order valence-electron chi connectivity index (χ0n) is 9.28. The van der Waals surface area contributed by atoms with E-state index in [1.54, 1.807) is 15.1 Å². The molecule has 0 saturated heterocycles. The van der Waals surface area contributed by atoms with Gasteiger partial charge in [0.1, 0.15) is 0 Å². The first-order chi connectivity index (χ1) is 7.24. The third-order valence-electron chi connectivity index (χ3n) is 2.07. The normalized spacial score (nSPS) is 11.9. The predicted octanol–water partition coefficient (Wildman–Crippen LogP) is -1.05. The summed E-state index contributed by atoms with van der Waals surface area (Å²) in [6.45, 7) is 1.62. The van der Waals surface area contributed by atoms with Crippen molar-refractivity contribution in [3.8, 4) is 0 Å². The van der Waals surface area contributed by atoms with Crippen molar-refractivity contribution in [1.29, 1.82) is 0 Å². The maximum absolute atomic E-state index is 8.88. The van der Waals surface area contributed by atoms with E-state index < -0.39 is 11.6 Å². The second-order valence-corrected chi connectivity index (χ2v) is 7.70. The molecule has 0 amide bonds. The molecule has 0 aliphatic heterocycles. The molecule has 0 aromatic heterocycles. The third-order valence-corrected chi connectivity index (χ3v) is 2.07. The van der Waals surface area contributed by atoms with Crippen molar-refractivity contribution in [3.63, 3.8) is 0 Å². The van der Waals surface area contributed by atoms with Gasteiger partial charge in [-0.1, -0.05) is 19.8 Å². The Morgan fingerprint density at radius 2 is 1.31 bits per heavy atom. The topological polar surface area (TPSA) is 121 Å². The van der Waals surface area contributed by atoms with Crippen LogP contribution in [0.5, 0.6) is 0 Å². The van der Waals surface area contributed by atoms with Crippen LogP contribution in [0.3, 0.4) is 0 Å². The van der Waals surface area contributed by atoms with Gasteiger partial charge < -0.3 is 15.3 Å². The van der Waals surface area contributed by atoms with Gasteiger partial charge in [0.05, 0.1) is 19.8 Å². The minimum atomic E-state index is -3.51. The number of rotatable bonds is 6. The van der Waals surface area contributed by atoms with Gasteiger partial charge in [0.25, 0.3) is 0 Å². The molecule has 100 valence electrons. The van der Waals surface area contributed by atoms with Crippen LogP contribution in [0.1, 0.15) is 26.2 Å². The summed E-state index contributed by atoms with van der Waals surface area (Å²) in [6.07, 6.45) is -0.879. The molecule has 16 heavy (non-hydrogen) atoms. The first kappa shape index (κ1) is 19.1. The zero-order valence-corrected chi connectivity index (χ0v) is 11.9. The van der Waals surface area contributed by atoms with E-state index in [2.05, 4.69) is 0 Å². The SMILES string of the molecule is CCCCC(CO)(CO)CO.OP(O)(O)=[Se]. The van der Waals surface area contributed by atoms with Gasteiger partial charge in [-0.15, -0.1) is 0 Å². The van der Waals surface area contributed by atoms with E-state index in [4.69, 9.17) is 30.0 Å². The molecule has 0 saturated carbocycles. The summed E-state index contributed by atoms with van der Waals surface area (Å²) in [5, 5.41) is 26.6. The average molecular weight is 323 g/mol. The molecular weight excluding hydrogens is 302 g/mol. The van der Waals surface area contributed by atoms with E-state index in [1.807, 2.05) is 6.92 Å². The Morgan fingerprint density at radius 3 is 1.50 bits per heavy atom. The van der Waals surface area contributed by atoms with Gasteiger partial charge in [-0.25, -0.2) is 0 Å². The van der Waals surface area contributed by atoms with E-state index >= 15 is 0 Å². The van der Waals surface area contributed by atoms with Crippen molar-refractivity contribution in [1.82, 2.24) is 0 Å². The Hall–Kier alpha value is 0.709. The molecule has 0 aliphatic carbocycles. The number of unbranched alkanes of at least 4 members (excludes halogenated alkanes) is 1. The van der Waals surface area contributed by atoms with Crippen molar-refractivity contribution < 1.29 is 30.0 Å². The van der Waals surface area contributed by atoms with Crippen LogP contribution >= 0.6 is 6.19 Å². The van der Waals surface area contributed by atoms with Crippen molar-refractivity contribution in [2.75, 3.05) is 19.8 Å². The summed E-state index contributed by atoms with van der Waals surface area (Å²) in [5.74, 6) is 0. The summed E-state index contributed by atoms with van der Waals surface area (Å²) in [7, 11) is 0. The van der Waals surface area contributed by atoms with E-state index in [1.165, 1.54) is 0 Å². The molecular formula is C8H21O6PSe. The number of aliphatic hydroxyl groups is 3. The minimum absolute atomic E-state index is 0.139. The van der Waals surface area contributed by atoms with E-state index in [0.717, 1.165) is 12.8 Å². The summed E-state index contributed by atoms with van der Waals surface area (Å²) in [6, 6.07) is 0. The van der Waals surface area contributed by atoms with E-state index in [0.29, 0.717) is 6.42 Å². The Morgan fingerprint density at radius 1 is 1.00 bits per heavy atom. The summed E-state index contributed by atoms with van der Waals surface area (Å²) in [4.78, 5) is 23.1. The molecule has 0 bridgehead atoms. The number of hydrogen-bond donors (Lipinski definition) is 6. The van der Waals surface area contributed by atoms with E-state index in [9.17, 15) is 0 Å². The first-order valence-electron chi connectivity index (χ1n) is 4.85. The predicted molar refractivity (Wildman–Crippen MR) is 62.5 cm³/mol. The molecule has 0 aliphatic rings. The summed E-state index contributed by atoms with van der Waals surface area (Å²) in [5.41, 5.74) is -0.657. The second kappa shape index (κ2) is 9.71.